The predicted octanol–water partition coefficient (Wildman–Crippen LogP) is 6.53. The molecule has 7 nitrogen and oxygen atoms in total. The van der Waals surface area contributed by atoms with Crippen LogP contribution in [0.5, 0.6) is 11.5 Å². The van der Waals surface area contributed by atoms with Crippen molar-refractivity contribution < 1.29 is 14.3 Å². The first-order valence-corrected chi connectivity index (χ1v) is 14.6. The van der Waals surface area contributed by atoms with Gasteiger partial charge >= 0.3 is 6.03 Å². The number of methoxy groups -OCH3 is 1. The van der Waals surface area contributed by atoms with E-state index in [4.69, 9.17) is 14.5 Å². The van der Waals surface area contributed by atoms with Gasteiger partial charge in [0.15, 0.2) is 0 Å². The van der Waals surface area contributed by atoms with E-state index >= 15 is 0 Å². The zero-order valence-corrected chi connectivity index (χ0v) is 25.5. The SMILES string of the molecule is CCOc1cc(OC)ccc1C1=NC(c2ccc(Br)cc2)C(c2ccc(Br)cc2)N1C(=O)N1CCN(C)CC1. The standard InChI is InChI=1S/C30H32Br2N4O3/c1-4-39-26-19-24(38-3)13-14-25(26)29-33-27(20-5-9-22(31)10-6-20)28(21-7-11-23(32)12-8-21)36(29)30(37)35-17-15-34(2)16-18-35/h5-14,19,27-28H,4,15-18H2,1-3H3. The third-order valence-electron chi connectivity index (χ3n) is 7.20. The largest absolute Gasteiger partial charge is 0.497 e. The first kappa shape index (κ1) is 27.7. The number of amides is 2. The molecule has 2 heterocycles. The Labute approximate surface area is 246 Å². The molecule has 39 heavy (non-hydrogen) atoms. The molecular formula is C30H32Br2N4O3. The van der Waals surface area contributed by atoms with E-state index in [0.29, 0.717) is 37.0 Å². The first-order chi connectivity index (χ1) is 18.9. The van der Waals surface area contributed by atoms with Crippen molar-refractivity contribution >= 4 is 43.7 Å². The number of likely N-dealkylation sites (N-methyl/N-ethyl adjacent to an activating group) is 1. The van der Waals surface area contributed by atoms with E-state index in [0.717, 1.165) is 38.7 Å². The van der Waals surface area contributed by atoms with E-state index in [1.54, 1.807) is 7.11 Å². The number of piperazine rings is 1. The number of rotatable bonds is 6. The summed E-state index contributed by atoms with van der Waals surface area (Å²) in [6.07, 6.45) is 0. The third-order valence-corrected chi connectivity index (χ3v) is 8.26. The van der Waals surface area contributed by atoms with E-state index in [9.17, 15) is 4.79 Å². The lowest BCUT2D eigenvalue weighted by molar-refractivity contribution is 0.130. The highest BCUT2D eigenvalue weighted by molar-refractivity contribution is 9.10. The van der Waals surface area contributed by atoms with Gasteiger partial charge in [-0.05, 0) is 61.5 Å². The maximum absolute atomic E-state index is 14.4. The summed E-state index contributed by atoms with van der Waals surface area (Å²) in [4.78, 5) is 25.8. The normalized spacial score (nSPS) is 19.7. The second-order valence-corrected chi connectivity index (χ2v) is 11.5. The highest BCUT2D eigenvalue weighted by Gasteiger charge is 2.44. The van der Waals surface area contributed by atoms with Crippen LogP contribution in [0.2, 0.25) is 0 Å². The van der Waals surface area contributed by atoms with Crippen molar-refractivity contribution in [2.75, 3.05) is 46.9 Å². The van der Waals surface area contributed by atoms with Crippen LogP contribution in [0.25, 0.3) is 0 Å². The van der Waals surface area contributed by atoms with Crippen LogP contribution in [0.3, 0.4) is 0 Å². The number of halogens is 2. The zero-order chi connectivity index (χ0) is 27.5. The van der Waals surface area contributed by atoms with Gasteiger partial charge in [-0.2, -0.15) is 0 Å². The number of hydrogen-bond acceptors (Lipinski definition) is 5. The lowest BCUT2D eigenvalue weighted by Gasteiger charge is -2.38. The van der Waals surface area contributed by atoms with Crippen molar-refractivity contribution in [1.29, 1.82) is 0 Å². The fourth-order valence-electron chi connectivity index (χ4n) is 5.09. The lowest BCUT2D eigenvalue weighted by atomic mass is 9.94. The number of hydrogen-bond donors (Lipinski definition) is 0. The first-order valence-electron chi connectivity index (χ1n) is 13.1. The van der Waals surface area contributed by atoms with Gasteiger partial charge in [-0.1, -0.05) is 56.1 Å². The highest BCUT2D eigenvalue weighted by Crippen LogP contribution is 2.45. The lowest BCUT2D eigenvalue weighted by Crippen LogP contribution is -2.53. The van der Waals surface area contributed by atoms with E-state index in [1.807, 2.05) is 59.2 Å². The zero-order valence-electron chi connectivity index (χ0n) is 22.3. The van der Waals surface area contributed by atoms with Crippen LogP contribution in [0, 0.1) is 0 Å². The van der Waals surface area contributed by atoms with Gasteiger partial charge in [-0.25, -0.2) is 4.79 Å². The summed E-state index contributed by atoms with van der Waals surface area (Å²) in [6.45, 7) is 5.41. The molecule has 3 aromatic carbocycles. The van der Waals surface area contributed by atoms with Crippen molar-refractivity contribution in [3.05, 3.63) is 92.4 Å². The fourth-order valence-corrected chi connectivity index (χ4v) is 5.62. The Morgan fingerprint density at radius 3 is 2.13 bits per heavy atom. The molecule has 0 saturated carbocycles. The average molecular weight is 656 g/mol. The Balaban J connectivity index is 1.68. The molecule has 1 saturated heterocycles. The van der Waals surface area contributed by atoms with Crippen LogP contribution in [-0.2, 0) is 0 Å². The van der Waals surface area contributed by atoms with E-state index in [-0.39, 0.29) is 18.1 Å². The van der Waals surface area contributed by atoms with Crippen molar-refractivity contribution in [2.24, 2.45) is 4.99 Å². The second-order valence-electron chi connectivity index (χ2n) is 9.68. The topological polar surface area (TPSA) is 57.6 Å². The molecule has 2 amide bonds. The van der Waals surface area contributed by atoms with Crippen LogP contribution in [-0.4, -0.2) is 73.5 Å². The molecular weight excluding hydrogens is 624 g/mol. The Kier molecular flexibility index (Phi) is 8.59. The summed E-state index contributed by atoms with van der Waals surface area (Å²) in [5.74, 6) is 1.93. The predicted molar refractivity (Wildman–Crippen MR) is 161 cm³/mol. The van der Waals surface area contributed by atoms with Crippen molar-refractivity contribution in [3.8, 4) is 11.5 Å². The number of amidine groups is 1. The maximum Gasteiger partial charge on any atom is 0.326 e. The molecule has 3 aromatic rings. The smallest absolute Gasteiger partial charge is 0.326 e. The van der Waals surface area contributed by atoms with Gasteiger partial charge in [0.25, 0.3) is 0 Å². The van der Waals surface area contributed by atoms with Crippen LogP contribution in [0.1, 0.15) is 35.7 Å². The molecule has 0 aromatic heterocycles. The van der Waals surface area contributed by atoms with Gasteiger partial charge in [-0.3, -0.25) is 9.89 Å². The number of carbonyl (C=O) groups is 1. The van der Waals surface area contributed by atoms with Crippen LogP contribution < -0.4 is 9.47 Å². The molecule has 0 aliphatic carbocycles. The van der Waals surface area contributed by atoms with Crippen LogP contribution >= 0.6 is 31.9 Å². The Hall–Kier alpha value is -2.88. The number of benzene rings is 3. The molecule has 0 spiro atoms. The molecule has 9 heteroatoms. The summed E-state index contributed by atoms with van der Waals surface area (Å²) >= 11 is 7.13. The number of ether oxygens (including phenoxy) is 2. The number of carbonyl (C=O) groups excluding carboxylic acids is 1. The van der Waals surface area contributed by atoms with Crippen molar-refractivity contribution in [1.82, 2.24) is 14.7 Å². The minimum atomic E-state index is -0.335. The molecule has 2 aliphatic rings. The Morgan fingerprint density at radius 1 is 0.923 bits per heavy atom. The summed E-state index contributed by atoms with van der Waals surface area (Å²) in [5.41, 5.74) is 2.81. The van der Waals surface area contributed by atoms with Crippen LogP contribution in [0.4, 0.5) is 4.79 Å². The molecule has 0 bridgehead atoms. The molecule has 0 radical (unpaired) electrons. The highest BCUT2D eigenvalue weighted by atomic mass is 79.9. The van der Waals surface area contributed by atoms with Gasteiger partial charge in [0.05, 0.1) is 25.3 Å². The summed E-state index contributed by atoms with van der Waals surface area (Å²) in [5, 5.41) is 0. The number of nitrogens with zero attached hydrogens (tertiary/aromatic N) is 4. The molecule has 1 fully saturated rings. The summed E-state index contributed by atoms with van der Waals surface area (Å²) < 4.78 is 13.5. The molecule has 2 aliphatic heterocycles. The number of aliphatic imine (C=N–C) groups is 1. The van der Waals surface area contributed by atoms with E-state index in [1.165, 1.54) is 0 Å². The van der Waals surface area contributed by atoms with E-state index < -0.39 is 0 Å². The fraction of sp³-hybridized carbons (Fsp3) is 0.333. The quantitative estimate of drug-likeness (QED) is 0.303. The average Bonchev–Trinajstić information content (AvgIpc) is 3.34. The van der Waals surface area contributed by atoms with Gasteiger partial charge < -0.3 is 19.3 Å². The minimum absolute atomic E-state index is 0.0485. The Morgan fingerprint density at radius 2 is 1.54 bits per heavy atom. The summed E-state index contributed by atoms with van der Waals surface area (Å²) in [6, 6.07) is 21.4. The molecule has 204 valence electrons. The molecule has 0 N–H and O–H groups in total. The summed E-state index contributed by atoms with van der Waals surface area (Å²) in [7, 11) is 3.72. The number of urea groups is 1. The van der Waals surface area contributed by atoms with Gasteiger partial charge in [0, 0.05) is 41.2 Å². The molecule has 2 unspecified atom stereocenters. The Bertz CT molecular complexity index is 1340. The second kappa shape index (κ2) is 12.1. The van der Waals surface area contributed by atoms with Crippen LogP contribution in [0.15, 0.2) is 80.7 Å². The molecule has 2 atom stereocenters. The van der Waals surface area contributed by atoms with Gasteiger partial charge in [-0.15, -0.1) is 0 Å². The third kappa shape index (κ3) is 5.85. The monoisotopic (exact) mass is 654 g/mol. The van der Waals surface area contributed by atoms with Gasteiger partial charge in [0.2, 0.25) is 0 Å². The molecule has 5 rings (SSSR count). The van der Waals surface area contributed by atoms with Gasteiger partial charge in [0.1, 0.15) is 23.4 Å². The van der Waals surface area contributed by atoms with Crippen molar-refractivity contribution in [2.45, 2.75) is 19.0 Å². The minimum Gasteiger partial charge on any atom is -0.497 e. The maximum atomic E-state index is 14.4. The van der Waals surface area contributed by atoms with Crippen molar-refractivity contribution in [3.63, 3.8) is 0 Å². The van der Waals surface area contributed by atoms with E-state index in [2.05, 4.69) is 68.1 Å².